The van der Waals surface area contributed by atoms with Crippen molar-refractivity contribution in [1.29, 1.82) is 0 Å². The summed E-state index contributed by atoms with van der Waals surface area (Å²) in [5.74, 6) is 0.466. The zero-order valence-corrected chi connectivity index (χ0v) is 10.3. The van der Waals surface area contributed by atoms with E-state index in [9.17, 15) is 16.8 Å². The number of nitrogens with one attached hydrogen (secondary N) is 1. The summed E-state index contributed by atoms with van der Waals surface area (Å²) in [6, 6.07) is 0. The van der Waals surface area contributed by atoms with Crippen LogP contribution in [0.2, 0.25) is 0 Å². The molecular formula is C6H14ClNO4S2. The molecule has 86 valence electrons. The van der Waals surface area contributed by atoms with Gasteiger partial charge in [-0.25, -0.2) is 21.6 Å². The van der Waals surface area contributed by atoms with Crippen molar-refractivity contribution in [2.45, 2.75) is 12.8 Å². The Balaban J connectivity index is 3.98. The number of sulfonamides is 1. The summed E-state index contributed by atoms with van der Waals surface area (Å²) in [7, 11) is -7.20. The van der Waals surface area contributed by atoms with E-state index in [-0.39, 0.29) is 6.54 Å². The van der Waals surface area contributed by atoms with Crippen LogP contribution in [0, 0.1) is 0 Å². The largest absolute Gasteiger partial charge is 0.228 e. The maximum absolute atomic E-state index is 11.1. The number of hydrogen-bond acceptors (Lipinski definition) is 4. The van der Waals surface area contributed by atoms with Gasteiger partial charge in [-0.2, -0.15) is 0 Å². The molecule has 0 spiro atoms. The first kappa shape index (κ1) is 14.2. The highest BCUT2D eigenvalue weighted by atomic mass is 35.5. The zero-order chi connectivity index (χ0) is 11.2. The molecule has 0 saturated carbocycles. The Labute approximate surface area is 89.8 Å². The Morgan fingerprint density at radius 1 is 1.14 bits per heavy atom. The molecule has 0 bridgehead atoms. The van der Waals surface area contributed by atoms with E-state index in [4.69, 9.17) is 11.6 Å². The van der Waals surface area contributed by atoms with E-state index >= 15 is 0 Å². The van der Waals surface area contributed by atoms with Crippen molar-refractivity contribution in [3.63, 3.8) is 0 Å². The molecule has 0 heterocycles. The van der Waals surface area contributed by atoms with Gasteiger partial charge in [0.15, 0.2) is 14.9 Å². The molecule has 0 unspecified atom stereocenters. The predicted octanol–water partition coefficient (Wildman–Crippen LogP) is -0.0731. The first-order chi connectivity index (χ1) is 6.27. The van der Waals surface area contributed by atoms with E-state index in [0.717, 1.165) is 6.26 Å². The lowest BCUT2D eigenvalue weighted by Crippen LogP contribution is -2.30. The van der Waals surface area contributed by atoms with Crippen LogP contribution in [0.25, 0.3) is 0 Å². The molecule has 1 N–H and O–H groups in total. The second-order valence-corrected chi connectivity index (χ2v) is 7.64. The van der Waals surface area contributed by atoms with E-state index in [2.05, 4.69) is 4.72 Å². The molecule has 14 heavy (non-hydrogen) atoms. The lowest BCUT2D eigenvalue weighted by Gasteiger charge is -2.04. The Bertz CT molecular complexity index is 348. The van der Waals surface area contributed by atoms with E-state index in [0.29, 0.717) is 18.7 Å². The van der Waals surface area contributed by atoms with Gasteiger partial charge in [0, 0.05) is 18.7 Å². The van der Waals surface area contributed by atoms with Gasteiger partial charge in [0.2, 0.25) is 10.0 Å². The fourth-order valence-corrected chi connectivity index (χ4v) is 4.00. The third-order valence-electron chi connectivity index (χ3n) is 1.25. The molecule has 0 aliphatic carbocycles. The Kier molecular flexibility index (Phi) is 5.96. The number of rotatable bonds is 7. The minimum atomic E-state index is -3.70. The van der Waals surface area contributed by atoms with Gasteiger partial charge in [-0.05, 0) is 12.8 Å². The highest BCUT2D eigenvalue weighted by Crippen LogP contribution is 1.94. The Hall–Kier alpha value is 0.150. The van der Waals surface area contributed by atoms with Crippen LogP contribution in [0.3, 0.4) is 0 Å². The first-order valence-corrected chi connectivity index (χ1v) is 8.22. The van der Waals surface area contributed by atoms with Crippen LogP contribution in [0.5, 0.6) is 0 Å². The third-order valence-corrected chi connectivity index (χ3v) is 5.12. The van der Waals surface area contributed by atoms with Gasteiger partial charge in [0.1, 0.15) is 0 Å². The molecule has 0 saturated heterocycles. The van der Waals surface area contributed by atoms with Gasteiger partial charge in [0.25, 0.3) is 0 Å². The molecular weight excluding hydrogens is 250 g/mol. The van der Waals surface area contributed by atoms with Crippen molar-refractivity contribution < 1.29 is 16.8 Å². The SMILES string of the molecule is CS(=O)(=O)CS(=O)(=O)NCCCCCl. The lowest BCUT2D eigenvalue weighted by atomic mass is 10.3. The summed E-state index contributed by atoms with van der Waals surface area (Å²) in [6.45, 7) is 0.227. The average molecular weight is 264 g/mol. The smallest absolute Gasteiger partial charge is 0.226 e. The topological polar surface area (TPSA) is 80.3 Å². The molecule has 0 aromatic heterocycles. The minimum Gasteiger partial charge on any atom is -0.228 e. The van der Waals surface area contributed by atoms with Gasteiger partial charge in [0.05, 0.1) is 0 Å². The van der Waals surface area contributed by atoms with Gasteiger partial charge in [-0.3, -0.25) is 0 Å². The number of hydrogen-bond donors (Lipinski definition) is 1. The van der Waals surface area contributed by atoms with Gasteiger partial charge < -0.3 is 0 Å². The maximum Gasteiger partial charge on any atom is 0.226 e. The molecule has 5 nitrogen and oxygen atoms in total. The zero-order valence-electron chi connectivity index (χ0n) is 7.86. The summed E-state index contributed by atoms with van der Waals surface area (Å²) >= 11 is 5.38. The Morgan fingerprint density at radius 2 is 1.71 bits per heavy atom. The molecule has 0 aliphatic rings. The number of unbranched alkanes of at least 4 members (excludes halogenated alkanes) is 1. The van der Waals surface area contributed by atoms with E-state index in [1.807, 2.05) is 0 Å². The number of halogens is 1. The van der Waals surface area contributed by atoms with Crippen molar-refractivity contribution in [2.75, 3.05) is 23.8 Å². The van der Waals surface area contributed by atoms with Crippen LogP contribution >= 0.6 is 11.6 Å². The molecule has 0 rings (SSSR count). The van der Waals surface area contributed by atoms with Crippen molar-refractivity contribution in [2.24, 2.45) is 0 Å². The third kappa shape index (κ3) is 8.74. The van der Waals surface area contributed by atoms with Crippen LogP contribution < -0.4 is 4.72 Å². The van der Waals surface area contributed by atoms with Crippen molar-refractivity contribution in [3.05, 3.63) is 0 Å². The fraction of sp³-hybridized carbons (Fsp3) is 1.00. The fourth-order valence-electron chi connectivity index (χ4n) is 0.771. The van der Waals surface area contributed by atoms with Gasteiger partial charge in [-0.1, -0.05) is 0 Å². The normalized spacial score (nSPS) is 13.0. The van der Waals surface area contributed by atoms with Gasteiger partial charge >= 0.3 is 0 Å². The van der Waals surface area contributed by atoms with E-state index in [1.54, 1.807) is 0 Å². The molecule has 0 atom stereocenters. The first-order valence-electron chi connectivity index (χ1n) is 3.98. The summed E-state index contributed by atoms with van der Waals surface area (Å²) in [5, 5.41) is -0.860. The van der Waals surface area contributed by atoms with Crippen LogP contribution in [-0.2, 0) is 19.9 Å². The summed E-state index contributed by atoms with van der Waals surface area (Å²) in [6.07, 6.45) is 2.18. The molecule has 0 aromatic rings. The predicted molar refractivity (Wildman–Crippen MR) is 56.6 cm³/mol. The maximum atomic E-state index is 11.1. The van der Waals surface area contributed by atoms with Crippen LogP contribution in [0.4, 0.5) is 0 Å². The second kappa shape index (κ2) is 5.89. The van der Waals surface area contributed by atoms with E-state index < -0.39 is 24.9 Å². The van der Waals surface area contributed by atoms with Gasteiger partial charge in [-0.15, -0.1) is 11.6 Å². The number of sulfone groups is 1. The average Bonchev–Trinajstić information content (AvgIpc) is 1.93. The van der Waals surface area contributed by atoms with Crippen molar-refractivity contribution in [3.8, 4) is 0 Å². The molecule has 0 fully saturated rings. The number of alkyl halides is 1. The quantitative estimate of drug-likeness (QED) is 0.515. The molecule has 0 aliphatic heterocycles. The Morgan fingerprint density at radius 3 is 2.14 bits per heavy atom. The standard InChI is InChI=1S/C6H14ClNO4S2/c1-13(9,10)6-14(11,12)8-5-3-2-4-7/h8H,2-6H2,1H3. The monoisotopic (exact) mass is 263 g/mol. The molecule has 0 amide bonds. The van der Waals surface area contributed by atoms with Crippen LogP contribution in [0.1, 0.15) is 12.8 Å². The molecule has 8 heteroatoms. The second-order valence-electron chi connectivity index (χ2n) is 2.95. The molecule has 0 radical (unpaired) electrons. The van der Waals surface area contributed by atoms with Crippen LogP contribution in [0.15, 0.2) is 0 Å². The summed E-state index contributed by atoms with van der Waals surface area (Å²) in [4.78, 5) is 0. The summed E-state index contributed by atoms with van der Waals surface area (Å²) < 4.78 is 45.7. The summed E-state index contributed by atoms with van der Waals surface area (Å²) in [5.41, 5.74) is 0. The lowest BCUT2D eigenvalue weighted by molar-refractivity contribution is 0.578. The minimum absolute atomic E-state index is 0.227. The van der Waals surface area contributed by atoms with Crippen LogP contribution in [-0.4, -0.2) is 40.6 Å². The van der Waals surface area contributed by atoms with Crippen molar-refractivity contribution >= 4 is 31.5 Å². The highest BCUT2D eigenvalue weighted by molar-refractivity contribution is 8.06. The van der Waals surface area contributed by atoms with E-state index in [1.165, 1.54) is 0 Å². The highest BCUT2D eigenvalue weighted by Gasteiger charge is 2.16. The van der Waals surface area contributed by atoms with Crippen molar-refractivity contribution in [1.82, 2.24) is 4.72 Å². The molecule has 0 aromatic carbocycles.